The maximum absolute atomic E-state index is 12.4. The zero-order chi connectivity index (χ0) is 15.2. The van der Waals surface area contributed by atoms with Crippen LogP contribution in [0, 0.1) is 6.92 Å². The van der Waals surface area contributed by atoms with E-state index in [1.54, 1.807) is 24.7 Å². The van der Waals surface area contributed by atoms with Gasteiger partial charge in [0.15, 0.2) is 0 Å². The molecule has 0 spiro atoms. The summed E-state index contributed by atoms with van der Waals surface area (Å²) in [7, 11) is -1.18. The van der Waals surface area contributed by atoms with E-state index in [1.165, 1.54) is 0 Å². The van der Waals surface area contributed by atoms with Crippen LogP contribution in [0.1, 0.15) is 5.56 Å². The molecule has 0 aliphatic carbocycles. The molecule has 2 aromatic rings. The number of alkyl halides is 1. The first kappa shape index (κ1) is 15.4. The molecular weight excluding hydrogens is 291 g/mol. The molecule has 0 aliphatic heterocycles. The third-order valence-corrected chi connectivity index (χ3v) is 3.43. The van der Waals surface area contributed by atoms with Crippen LogP contribution < -0.4 is 9.46 Å². The monoisotopic (exact) mass is 308 g/mol. The molecule has 0 aliphatic rings. The lowest BCUT2D eigenvalue weighted by molar-refractivity contribution is 0.274. The summed E-state index contributed by atoms with van der Waals surface area (Å²) < 4.78 is 31.9. The first-order valence-electron chi connectivity index (χ1n) is 6.45. The minimum Gasteiger partial charge on any atom is -0.490 e. The van der Waals surface area contributed by atoms with Gasteiger partial charge in [-0.25, -0.2) is 8.60 Å². The Labute approximate surface area is 126 Å². The number of nitrogens with one attached hydrogen (secondary N) is 1. The number of benzene rings is 1. The third-order valence-electron chi connectivity index (χ3n) is 2.91. The van der Waals surface area contributed by atoms with Gasteiger partial charge in [0.25, 0.3) is 0 Å². The van der Waals surface area contributed by atoms with Crippen molar-refractivity contribution < 1.29 is 13.3 Å². The summed E-state index contributed by atoms with van der Waals surface area (Å²) >= 11 is 0. The molecule has 0 amide bonds. The van der Waals surface area contributed by atoms with Crippen LogP contribution in [-0.4, -0.2) is 28.7 Å². The number of ether oxygens (including phenoxy) is 1. The Kier molecular flexibility index (Phi) is 5.27. The number of anilines is 1. The number of nitrogens with zero attached hydrogens (tertiary/aromatic N) is 1. The Morgan fingerprint density at radius 3 is 2.81 bits per heavy atom. The van der Waals surface area contributed by atoms with Crippen molar-refractivity contribution in [3.63, 3.8) is 0 Å². The summed E-state index contributed by atoms with van der Waals surface area (Å²) in [4.78, 5) is 4.12. The summed E-state index contributed by atoms with van der Waals surface area (Å²) in [5.41, 5.74) is 3.47. The fourth-order valence-electron chi connectivity index (χ4n) is 1.99. The lowest BCUT2D eigenvalue weighted by Gasteiger charge is -2.14. The minimum atomic E-state index is -1.18. The molecular formula is C15H17FN2O2S. The topological polar surface area (TPSA) is 51.2 Å². The number of pyridine rings is 1. The molecule has 0 fully saturated rings. The Balaban J connectivity index is 2.44. The average Bonchev–Trinajstić information content (AvgIpc) is 2.45. The van der Waals surface area contributed by atoms with E-state index < -0.39 is 17.7 Å². The van der Waals surface area contributed by atoms with E-state index in [0.29, 0.717) is 11.4 Å². The van der Waals surface area contributed by atoms with Crippen LogP contribution in [0.4, 0.5) is 10.1 Å². The van der Waals surface area contributed by atoms with E-state index in [1.807, 2.05) is 25.1 Å². The second-order valence-electron chi connectivity index (χ2n) is 4.50. The highest BCUT2D eigenvalue weighted by Gasteiger charge is 2.11. The molecule has 0 radical (unpaired) electrons. The third kappa shape index (κ3) is 4.01. The molecule has 112 valence electrons. The molecule has 0 bridgehead atoms. The molecule has 0 saturated carbocycles. The van der Waals surface area contributed by atoms with Crippen molar-refractivity contribution in [2.75, 3.05) is 24.3 Å². The van der Waals surface area contributed by atoms with Crippen molar-refractivity contribution in [2.45, 2.75) is 6.92 Å². The summed E-state index contributed by atoms with van der Waals surface area (Å²) in [5, 5.41) is 0. The Morgan fingerprint density at radius 2 is 2.14 bits per heavy atom. The molecule has 6 heteroatoms. The summed E-state index contributed by atoms with van der Waals surface area (Å²) in [5.74, 6) is 0.541. The van der Waals surface area contributed by atoms with Crippen LogP contribution in [0.2, 0.25) is 0 Å². The van der Waals surface area contributed by atoms with Gasteiger partial charge in [0.1, 0.15) is 30.0 Å². The molecule has 1 heterocycles. The second-order valence-corrected chi connectivity index (χ2v) is 5.61. The van der Waals surface area contributed by atoms with Crippen LogP contribution in [0.5, 0.6) is 5.75 Å². The molecule has 4 nitrogen and oxygen atoms in total. The smallest absolute Gasteiger partial charge is 0.129 e. The zero-order valence-electron chi connectivity index (χ0n) is 11.9. The fraction of sp³-hybridized carbons (Fsp3) is 0.267. The number of aromatic nitrogens is 1. The van der Waals surface area contributed by atoms with Crippen LogP contribution in [0.3, 0.4) is 0 Å². The van der Waals surface area contributed by atoms with Gasteiger partial charge in [-0.05, 0) is 30.7 Å². The molecule has 2 rings (SSSR count). The maximum Gasteiger partial charge on any atom is 0.129 e. The van der Waals surface area contributed by atoms with Crippen molar-refractivity contribution in [3.8, 4) is 16.9 Å². The highest BCUT2D eigenvalue weighted by Crippen LogP contribution is 2.34. The van der Waals surface area contributed by atoms with Gasteiger partial charge < -0.3 is 9.46 Å². The molecule has 0 saturated heterocycles. The SMILES string of the molecule is Cc1ccncc1-c1ccc(NS(C)=O)cc1OCCF. The second kappa shape index (κ2) is 7.17. The largest absolute Gasteiger partial charge is 0.490 e. The van der Waals surface area contributed by atoms with Crippen LogP contribution in [0.15, 0.2) is 36.7 Å². The normalized spacial score (nSPS) is 12.0. The lowest BCUT2D eigenvalue weighted by atomic mass is 10.0. The van der Waals surface area contributed by atoms with E-state index in [2.05, 4.69) is 9.71 Å². The molecule has 1 N–H and O–H groups in total. The summed E-state index contributed by atoms with van der Waals surface area (Å²) in [6.07, 6.45) is 5.01. The Bertz CT molecular complexity index is 649. The van der Waals surface area contributed by atoms with Crippen molar-refractivity contribution in [1.82, 2.24) is 4.98 Å². The van der Waals surface area contributed by atoms with Gasteiger partial charge in [0, 0.05) is 41.5 Å². The van der Waals surface area contributed by atoms with Crippen LogP contribution >= 0.6 is 0 Å². The van der Waals surface area contributed by atoms with E-state index in [4.69, 9.17) is 4.74 Å². The van der Waals surface area contributed by atoms with Gasteiger partial charge in [-0.3, -0.25) is 4.98 Å². The van der Waals surface area contributed by atoms with E-state index in [9.17, 15) is 8.60 Å². The quantitative estimate of drug-likeness (QED) is 0.892. The van der Waals surface area contributed by atoms with Gasteiger partial charge in [0.05, 0.1) is 0 Å². The van der Waals surface area contributed by atoms with Crippen LogP contribution in [0.25, 0.3) is 11.1 Å². The number of rotatable bonds is 6. The van der Waals surface area contributed by atoms with Crippen molar-refractivity contribution in [2.24, 2.45) is 0 Å². The Hall–Kier alpha value is -1.95. The highest BCUT2D eigenvalue weighted by atomic mass is 32.2. The van der Waals surface area contributed by atoms with Gasteiger partial charge in [-0.1, -0.05) is 0 Å². The van der Waals surface area contributed by atoms with E-state index >= 15 is 0 Å². The van der Waals surface area contributed by atoms with Gasteiger partial charge in [0.2, 0.25) is 0 Å². The van der Waals surface area contributed by atoms with E-state index in [-0.39, 0.29) is 6.61 Å². The molecule has 1 aromatic carbocycles. The average molecular weight is 308 g/mol. The molecule has 21 heavy (non-hydrogen) atoms. The van der Waals surface area contributed by atoms with Crippen molar-refractivity contribution in [3.05, 3.63) is 42.2 Å². The summed E-state index contributed by atoms with van der Waals surface area (Å²) in [6, 6.07) is 7.29. The maximum atomic E-state index is 12.4. The Morgan fingerprint density at radius 1 is 1.33 bits per heavy atom. The fourth-order valence-corrected chi connectivity index (χ4v) is 2.45. The van der Waals surface area contributed by atoms with Gasteiger partial charge >= 0.3 is 0 Å². The predicted octanol–water partition coefficient (Wildman–Crippen LogP) is 3.11. The molecule has 1 aromatic heterocycles. The highest BCUT2D eigenvalue weighted by molar-refractivity contribution is 7.85. The first-order valence-corrected chi connectivity index (χ1v) is 8.01. The standard InChI is InChI=1S/C15H17FN2O2S/c1-11-5-7-17-10-14(11)13-4-3-12(18-21(2)19)9-15(13)20-8-6-16/h3-5,7,9-10,18H,6,8H2,1-2H3. The lowest BCUT2D eigenvalue weighted by Crippen LogP contribution is -2.04. The van der Waals surface area contributed by atoms with E-state index in [0.717, 1.165) is 16.7 Å². The minimum absolute atomic E-state index is 0.0228. The summed E-state index contributed by atoms with van der Waals surface area (Å²) in [6.45, 7) is 1.39. The molecule has 1 unspecified atom stereocenters. The number of hydrogen-bond acceptors (Lipinski definition) is 3. The first-order chi connectivity index (χ1) is 10.1. The predicted molar refractivity (Wildman–Crippen MR) is 83.6 cm³/mol. The number of halogens is 1. The van der Waals surface area contributed by atoms with Crippen molar-refractivity contribution >= 4 is 16.7 Å². The van der Waals surface area contributed by atoms with Crippen LogP contribution in [-0.2, 0) is 11.0 Å². The zero-order valence-corrected chi connectivity index (χ0v) is 12.7. The van der Waals surface area contributed by atoms with Gasteiger partial charge in [-0.15, -0.1) is 0 Å². The number of hydrogen-bond donors (Lipinski definition) is 1. The van der Waals surface area contributed by atoms with Crippen molar-refractivity contribution in [1.29, 1.82) is 0 Å². The van der Waals surface area contributed by atoms with Gasteiger partial charge in [-0.2, -0.15) is 0 Å². The number of aryl methyl sites for hydroxylation is 1. The molecule has 1 atom stereocenters.